The molecule has 1 heterocycles. The molecular formula is C45H78N10O14. The lowest BCUT2D eigenvalue weighted by Crippen LogP contribution is -2.62. The Kier molecular flexibility index (Phi) is 26.4. The molecule has 0 bridgehead atoms. The summed E-state index contributed by atoms with van der Waals surface area (Å²) in [4.78, 5) is 145. The van der Waals surface area contributed by atoms with E-state index in [9.17, 15) is 68.1 Å². The maximum absolute atomic E-state index is 14.0. The molecule has 10 atom stereocenters. The number of nitrogens with zero attached hydrogens (tertiary/aromatic N) is 1. The van der Waals surface area contributed by atoms with Crippen LogP contribution in [-0.2, 0) is 52.7 Å². The van der Waals surface area contributed by atoms with Crippen LogP contribution in [0, 0.1) is 23.7 Å². The predicted octanol–water partition coefficient (Wildman–Crippen LogP) is -1.89. The first-order valence-corrected chi connectivity index (χ1v) is 23.7. The monoisotopic (exact) mass is 983 g/mol. The molecule has 1 saturated heterocycles. The van der Waals surface area contributed by atoms with Gasteiger partial charge in [-0.1, -0.05) is 61.8 Å². The normalized spacial score (nSPS) is 17.5. The molecule has 0 aliphatic carbocycles. The van der Waals surface area contributed by atoms with E-state index in [-0.39, 0.29) is 56.4 Å². The van der Waals surface area contributed by atoms with Crippen LogP contribution in [0.4, 0.5) is 0 Å². The number of carboxylic acids is 2. The molecule has 9 amide bonds. The molecule has 24 nitrogen and oxygen atoms in total. The molecule has 1 aliphatic rings. The van der Waals surface area contributed by atoms with Crippen LogP contribution in [0.2, 0.25) is 0 Å². The van der Waals surface area contributed by atoms with E-state index in [1.807, 2.05) is 0 Å². The number of carbonyl (C=O) groups is 11. The average Bonchev–Trinajstić information content (AvgIpc) is 3.75. The van der Waals surface area contributed by atoms with E-state index in [1.54, 1.807) is 55.4 Å². The molecular weight excluding hydrogens is 905 g/mol. The van der Waals surface area contributed by atoms with Crippen LogP contribution in [0.3, 0.4) is 0 Å². The number of nitrogens with two attached hydrogens (primary N) is 2. The minimum Gasteiger partial charge on any atom is -0.481 e. The predicted molar refractivity (Wildman–Crippen MR) is 250 cm³/mol. The topological polar surface area (TPSA) is 388 Å². The number of aliphatic hydroxyl groups is 1. The number of carbonyl (C=O) groups excluding carboxylic acids is 9. The Hall–Kier alpha value is -5.91. The minimum atomic E-state index is -1.67. The van der Waals surface area contributed by atoms with Crippen molar-refractivity contribution in [1.82, 2.24) is 42.1 Å². The minimum absolute atomic E-state index is 0.0425. The fourth-order valence-corrected chi connectivity index (χ4v) is 7.60. The SMILES string of the molecule is CC[C@H](C)[C@H](NC(=O)[C@H](CCC(N)=O)NC(=O)[C@H](CC(C)C)NC(=O)[C@H](CCC(=O)O)NC(=O)[C@H](CC(C)C)NC(=O)[C@@H](NC(=O)[C@H](CC(C)C)NC(=O)[C@@H]1CCCN1C(=O)CN)[C@@H](C)O)C(=O)O. The number of amides is 9. The van der Waals surface area contributed by atoms with Crippen molar-refractivity contribution in [1.29, 1.82) is 0 Å². The lowest BCUT2D eigenvalue weighted by Gasteiger charge is -2.30. The van der Waals surface area contributed by atoms with Crippen molar-refractivity contribution in [2.45, 2.75) is 181 Å². The lowest BCUT2D eigenvalue weighted by atomic mass is 9.98. The first-order valence-electron chi connectivity index (χ1n) is 23.7. The summed E-state index contributed by atoms with van der Waals surface area (Å²) >= 11 is 0. The van der Waals surface area contributed by atoms with E-state index in [1.165, 1.54) is 11.8 Å². The van der Waals surface area contributed by atoms with Crippen molar-refractivity contribution >= 4 is 65.1 Å². The van der Waals surface area contributed by atoms with Gasteiger partial charge in [0.05, 0.1) is 12.6 Å². The quantitative estimate of drug-likeness (QED) is 0.0361. The highest BCUT2D eigenvalue weighted by Crippen LogP contribution is 2.19. The van der Waals surface area contributed by atoms with Gasteiger partial charge in [-0.15, -0.1) is 0 Å². The number of aliphatic hydroxyl groups excluding tert-OH is 1. The zero-order chi connectivity index (χ0) is 52.9. The fraction of sp³-hybridized carbons (Fsp3) is 0.756. The zero-order valence-electron chi connectivity index (χ0n) is 41.4. The number of rotatable bonds is 31. The number of hydrogen-bond acceptors (Lipinski definition) is 13. The smallest absolute Gasteiger partial charge is 0.326 e. The van der Waals surface area contributed by atoms with E-state index in [2.05, 4.69) is 37.2 Å². The first-order chi connectivity index (χ1) is 32.1. The molecule has 0 aromatic carbocycles. The highest BCUT2D eigenvalue weighted by Gasteiger charge is 2.39. The summed E-state index contributed by atoms with van der Waals surface area (Å²) in [7, 11) is 0. The second-order valence-corrected chi connectivity index (χ2v) is 19.0. The van der Waals surface area contributed by atoms with Gasteiger partial charge in [0.15, 0.2) is 0 Å². The average molecular weight is 983 g/mol. The zero-order valence-corrected chi connectivity index (χ0v) is 41.4. The van der Waals surface area contributed by atoms with E-state index < -0.39 is 138 Å². The van der Waals surface area contributed by atoms with Crippen LogP contribution in [-0.4, -0.2) is 153 Å². The molecule has 0 aromatic rings. The molecule has 0 unspecified atom stereocenters. The maximum Gasteiger partial charge on any atom is 0.326 e. The number of carboxylic acid groups (broad SMARTS) is 2. The summed E-state index contributed by atoms with van der Waals surface area (Å²) in [5.74, 6) is -11.4. The molecule has 69 heavy (non-hydrogen) atoms. The molecule has 0 aromatic heterocycles. The Morgan fingerprint density at radius 1 is 0.580 bits per heavy atom. The van der Waals surface area contributed by atoms with Gasteiger partial charge < -0.3 is 68.9 Å². The molecule has 392 valence electrons. The Morgan fingerprint density at radius 3 is 1.41 bits per heavy atom. The fourth-order valence-electron chi connectivity index (χ4n) is 7.60. The Bertz CT molecular complexity index is 1810. The third-order valence-electron chi connectivity index (χ3n) is 11.5. The van der Waals surface area contributed by atoms with E-state index in [0.717, 1.165) is 0 Å². The van der Waals surface area contributed by atoms with Crippen molar-refractivity contribution in [3.8, 4) is 0 Å². The summed E-state index contributed by atoms with van der Waals surface area (Å²) in [5.41, 5.74) is 10.8. The number of hydrogen-bond donors (Lipinski definition) is 12. The van der Waals surface area contributed by atoms with Gasteiger partial charge >= 0.3 is 11.9 Å². The Labute approximate surface area is 403 Å². The van der Waals surface area contributed by atoms with Gasteiger partial charge in [0, 0.05) is 19.4 Å². The lowest BCUT2D eigenvalue weighted by molar-refractivity contribution is -0.144. The number of nitrogens with one attached hydrogen (secondary N) is 7. The highest BCUT2D eigenvalue weighted by molar-refractivity contribution is 5.98. The summed E-state index contributed by atoms with van der Waals surface area (Å²) in [6.07, 6.45) is -2.09. The summed E-state index contributed by atoms with van der Waals surface area (Å²) < 4.78 is 0. The number of primary amides is 1. The molecule has 1 rings (SSSR count). The van der Waals surface area contributed by atoms with Crippen molar-refractivity contribution < 1.29 is 68.1 Å². The molecule has 1 fully saturated rings. The van der Waals surface area contributed by atoms with Crippen LogP contribution in [0.1, 0.15) is 127 Å². The van der Waals surface area contributed by atoms with E-state index in [4.69, 9.17) is 11.5 Å². The molecule has 1 aliphatic heterocycles. The second-order valence-electron chi connectivity index (χ2n) is 19.0. The largest absolute Gasteiger partial charge is 0.481 e. The summed E-state index contributed by atoms with van der Waals surface area (Å²) in [5, 5.41) is 47.5. The van der Waals surface area contributed by atoms with Crippen LogP contribution < -0.4 is 48.7 Å². The van der Waals surface area contributed by atoms with E-state index in [0.29, 0.717) is 25.8 Å². The van der Waals surface area contributed by atoms with Gasteiger partial charge in [-0.25, -0.2) is 4.79 Å². The van der Waals surface area contributed by atoms with Crippen LogP contribution in [0.25, 0.3) is 0 Å². The van der Waals surface area contributed by atoms with Gasteiger partial charge in [-0.05, 0) is 75.5 Å². The summed E-state index contributed by atoms with van der Waals surface area (Å²) in [6.45, 7) is 15.0. The van der Waals surface area contributed by atoms with Crippen LogP contribution >= 0.6 is 0 Å². The molecule has 0 radical (unpaired) electrons. The third kappa shape index (κ3) is 21.5. The molecule has 0 spiro atoms. The van der Waals surface area contributed by atoms with Crippen molar-refractivity contribution in [3.05, 3.63) is 0 Å². The third-order valence-corrected chi connectivity index (χ3v) is 11.5. The molecule has 14 N–H and O–H groups in total. The van der Waals surface area contributed by atoms with Crippen molar-refractivity contribution in [2.75, 3.05) is 13.1 Å². The van der Waals surface area contributed by atoms with Gasteiger partial charge in [0.2, 0.25) is 53.2 Å². The Balaban J connectivity index is 3.43. The van der Waals surface area contributed by atoms with Crippen molar-refractivity contribution in [2.24, 2.45) is 35.1 Å². The number of likely N-dealkylation sites (tertiary alicyclic amines) is 1. The van der Waals surface area contributed by atoms with E-state index >= 15 is 0 Å². The van der Waals surface area contributed by atoms with Gasteiger partial charge in [-0.3, -0.25) is 47.9 Å². The van der Waals surface area contributed by atoms with Gasteiger partial charge in [-0.2, -0.15) is 0 Å². The standard InChI is InChI=1S/C45H78N10O14/c1-10-25(8)36(45(68)69)53-39(62)27(13-15-33(47)57)48-40(63)29(18-22(2)3)50-38(61)28(14-16-35(59)60)49-41(64)30(19-23(4)5)52-44(67)37(26(9)56)54-42(65)31(20-24(6)7)51-43(66)32-12-11-17-55(32)34(58)21-46/h22-32,36-37,56H,10-21,46H2,1-9H3,(H2,47,57)(H,48,63)(H,49,64)(H,50,61)(H,51,66)(H,52,67)(H,53,62)(H,54,65)(H,59,60)(H,68,69)/t25-,26+,27-,28-,29-,30-,31-,32-,36-,37-/m0/s1. The van der Waals surface area contributed by atoms with Gasteiger partial charge in [0.1, 0.15) is 48.3 Å². The second kappa shape index (κ2) is 29.9. The van der Waals surface area contributed by atoms with Gasteiger partial charge in [0.25, 0.3) is 0 Å². The van der Waals surface area contributed by atoms with Crippen LogP contribution in [0.5, 0.6) is 0 Å². The summed E-state index contributed by atoms with van der Waals surface area (Å²) in [6, 6.07) is -11.0. The maximum atomic E-state index is 14.0. The molecule has 0 saturated carbocycles. The first kappa shape index (κ1) is 61.1. The van der Waals surface area contributed by atoms with Crippen LogP contribution in [0.15, 0.2) is 0 Å². The highest BCUT2D eigenvalue weighted by atomic mass is 16.4. The number of aliphatic carboxylic acids is 2. The van der Waals surface area contributed by atoms with Crippen molar-refractivity contribution in [3.63, 3.8) is 0 Å². The molecule has 24 heteroatoms. The Morgan fingerprint density at radius 2 is 0.986 bits per heavy atom.